The van der Waals surface area contributed by atoms with Gasteiger partial charge in [0.1, 0.15) is 0 Å². The third kappa shape index (κ3) is 3.43. The van der Waals surface area contributed by atoms with Crippen LogP contribution in [0.4, 0.5) is 0 Å². The van der Waals surface area contributed by atoms with Crippen LogP contribution in [0.25, 0.3) is 0 Å². The molecule has 1 aliphatic heterocycles. The van der Waals surface area contributed by atoms with Gasteiger partial charge in [0.2, 0.25) is 0 Å². The maximum absolute atomic E-state index is 10.1. The number of carbonyl (C=O) groups is 1. The standard InChI is InChI=1S/C5H10N2O2.K/c8-5(9)4-6-2-1-3-7-4;/h4,6-7H,1-3H2,(H,8,9);/q;+1/p-1. The molecule has 4 nitrogen and oxygen atoms in total. The summed E-state index contributed by atoms with van der Waals surface area (Å²) < 4.78 is 0. The first-order valence-corrected chi connectivity index (χ1v) is 2.98. The van der Waals surface area contributed by atoms with Crippen molar-refractivity contribution in [2.45, 2.75) is 12.6 Å². The molecule has 1 heterocycles. The van der Waals surface area contributed by atoms with Crippen molar-refractivity contribution in [1.82, 2.24) is 10.6 Å². The van der Waals surface area contributed by atoms with E-state index in [1.807, 2.05) is 0 Å². The third-order valence-corrected chi connectivity index (χ3v) is 1.29. The van der Waals surface area contributed by atoms with Crippen molar-refractivity contribution >= 4 is 5.97 Å². The van der Waals surface area contributed by atoms with Gasteiger partial charge in [-0.05, 0) is 19.5 Å². The molecule has 5 heteroatoms. The zero-order chi connectivity index (χ0) is 6.69. The molecule has 1 fully saturated rings. The van der Waals surface area contributed by atoms with Crippen LogP contribution in [-0.4, -0.2) is 25.2 Å². The third-order valence-electron chi connectivity index (χ3n) is 1.29. The Morgan fingerprint density at radius 1 is 1.40 bits per heavy atom. The molecule has 1 rings (SSSR count). The Kier molecular flexibility index (Phi) is 6.23. The molecule has 1 aliphatic rings. The van der Waals surface area contributed by atoms with Crippen molar-refractivity contribution < 1.29 is 61.3 Å². The second kappa shape index (κ2) is 5.65. The second-order valence-electron chi connectivity index (χ2n) is 2.01. The van der Waals surface area contributed by atoms with Crippen molar-refractivity contribution in [2.24, 2.45) is 0 Å². The molecule has 52 valence electrons. The van der Waals surface area contributed by atoms with Crippen molar-refractivity contribution in [3.05, 3.63) is 0 Å². The second-order valence-corrected chi connectivity index (χ2v) is 2.01. The van der Waals surface area contributed by atoms with Crippen molar-refractivity contribution in [3.8, 4) is 0 Å². The number of hydrogen-bond acceptors (Lipinski definition) is 4. The largest absolute Gasteiger partial charge is 1.00 e. The Morgan fingerprint density at radius 3 is 2.20 bits per heavy atom. The molecule has 0 aromatic heterocycles. The summed E-state index contributed by atoms with van der Waals surface area (Å²) in [6, 6.07) is 0. The maximum atomic E-state index is 10.1. The SMILES string of the molecule is O=C([O-])C1NCCCN1.[K+]. The summed E-state index contributed by atoms with van der Waals surface area (Å²) in [6.45, 7) is 1.51. The van der Waals surface area contributed by atoms with E-state index in [1.165, 1.54) is 0 Å². The van der Waals surface area contributed by atoms with Gasteiger partial charge in [0.15, 0.2) is 0 Å². The summed E-state index contributed by atoms with van der Waals surface area (Å²) in [5.74, 6) is -1.07. The van der Waals surface area contributed by atoms with Gasteiger partial charge in [-0.25, -0.2) is 0 Å². The molecule has 0 radical (unpaired) electrons. The predicted octanol–water partition coefficient (Wildman–Crippen LogP) is -5.35. The van der Waals surface area contributed by atoms with Crippen molar-refractivity contribution in [1.29, 1.82) is 0 Å². The van der Waals surface area contributed by atoms with Gasteiger partial charge in [-0.2, -0.15) is 0 Å². The minimum Gasteiger partial charge on any atom is -0.547 e. The Hall–Kier alpha value is 1.03. The normalized spacial score (nSPS) is 19.6. The Labute approximate surface area is 102 Å². The van der Waals surface area contributed by atoms with E-state index in [9.17, 15) is 9.90 Å². The van der Waals surface area contributed by atoms with Crippen LogP contribution in [0.3, 0.4) is 0 Å². The number of nitrogens with one attached hydrogen (secondary N) is 2. The molecule has 0 spiro atoms. The van der Waals surface area contributed by atoms with Crippen molar-refractivity contribution in [3.63, 3.8) is 0 Å². The smallest absolute Gasteiger partial charge is 0.547 e. The fourth-order valence-electron chi connectivity index (χ4n) is 0.820. The quantitative estimate of drug-likeness (QED) is 0.384. The van der Waals surface area contributed by atoms with E-state index in [0.717, 1.165) is 19.5 Å². The van der Waals surface area contributed by atoms with Crippen molar-refractivity contribution in [2.75, 3.05) is 13.1 Å². The fourth-order valence-corrected chi connectivity index (χ4v) is 0.820. The first-order chi connectivity index (χ1) is 4.30. The van der Waals surface area contributed by atoms with Gasteiger partial charge in [0.25, 0.3) is 0 Å². The summed E-state index contributed by atoms with van der Waals surface area (Å²) in [5.41, 5.74) is 0. The van der Waals surface area contributed by atoms with Gasteiger partial charge < -0.3 is 9.90 Å². The topological polar surface area (TPSA) is 64.2 Å². The molecule has 0 atom stereocenters. The molecular weight excluding hydrogens is 159 g/mol. The summed E-state index contributed by atoms with van der Waals surface area (Å²) in [6.07, 6.45) is 0.336. The molecule has 10 heavy (non-hydrogen) atoms. The van der Waals surface area contributed by atoms with E-state index in [1.54, 1.807) is 0 Å². The minimum absolute atomic E-state index is 0. The molecule has 2 N–H and O–H groups in total. The fraction of sp³-hybridized carbons (Fsp3) is 0.800. The van der Waals surface area contributed by atoms with E-state index in [4.69, 9.17) is 0 Å². The van der Waals surface area contributed by atoms with Crippen LogP contribution in [-0.2, 0) is 4.79 Å². The molecule has 0 aliphatic carbocycles. The van der Waals surface area contributed by atoms with Gasteiger partial charge in [-0.3, -0.25) is 10.6 Å². The first-order valence-electron chi connectivity index (χ1n) is 2.98. The molecule has 0 unspecified atom stereocenters. The number of carbonyl (C=O) groups excluding carboxylic acids is 1. The number of hydrogen-bond donors (Lipinski definition) is 2. The van der Waals surface area contributed by atoms with Gasteiger partial charge >= 0.3 is 51.4 Å². The minimum atomic E-state index is -1.07. The molecule has 0 saturated carbocycles. The monoisotopic (exact) mass is 168 g/mol. The summed E-state index contributed by atoms with van der Waals surface area (Å²) in [7, 11) is 0. The van der Waals surface area contributed by atoms with Crippen LogP contribution in [0.5, 0.6) is 0 Å². The summed E-state index contributed by atoms with van der Waals surface area (Å²) in [4.78, 5) is 10.1. The zero-order valence-corrected chi connectivity index (χ0v) is 9.14. The maximum Gasteiger partial charge on any atom is 1.00 e. The van der Waals surface area contributed by atoms with E-state index >= 15 is 0 Å². The Balaban J connectivity index is 0.000000810. The molecule has 0 amide bonds. The van der Waals surface area contributed by atoms with Gasteiger partial charge in [0.05, 0.1) is 12.1 Å². The van der Waals surface area contributed by atoms with Gasteiger partial charge in [0, 0.05) is 0 Å². The van der Waals surface area contributed by atoms with Crippen LogP contribution in [0, 0.1) is 0 Å². The van der Waals surface area contributed by atoms with Gasteiger partial charge in [-0.15, -0.1) is 0 Å². The summed E-state index contributed by atoms with van der Waals surface area (Å²) >= 11 is 0. The first kappa shape index (κ1) is 11.0. The van der Waals surface area contributed by atoms with Crippen LogP contribution in [0.2, 0.25) is 0 Å². The van der Waals surface area contributed by atoms with Crippen LogP contribution < -0.4 is 67.1 Å². The Bertz CT molecular complexity index is 114. The van der Waals surface area contributed by atoms with Crippen LogP contribution in [0.1, 0.15) is 6.42 Å². The van der Waals surface area contributed by atoms with Gasteiger partial charge in [-0.1, -0.05) is 0 Å². The zero-order valence-electron chi connectivity index (χ0n) is 6.02. The number of rotatable bonds is 1. The van der Waals surface area contributed by atoms with E-state index < -0.39 is 12.1 Å². The Morgan fingerprint density at radius 2 is 1.90 bits per heavy atom. The molecule has 0 aromatic rings. The molecule has 0 aromatic carbocycles. The van der Waals surface area contributed by atoms with E-state index in [0.29, 0.717) is 0 Å². The van der Waals surface area contributed by atoms with Crippen LogP contribution >= 0.6 is 0 Å². The predicted molar refractivity (Wildman–Crippen MR) is 29.4 cm³/mol. The number of carboxylic acids is 1. The average Bonchev–Trinajstić information content (AvgIpc) is 1.90. The van der Waals surface area contributed by atoms with E-state index in [-0.39, 0.29) is 51.4 Å². The number of carboxylic acid groups (broad SMARTS) is 1. The molecule has 1 saturated heterocycles. The van der Waals surface area contributed by atoms with Crippen LogP contribution in [0.15, 0.2) is 0 Å². The van der Waals surface area contributed by atoms with E-state index in [2.05, 4.69) is 10.6 Å². The molecular formula is C5H9KN2O2. The average molecular weight is 168 g/mol. The molecule has 0 bridgehead atoms. The summed E-state index contributed by atoms with van der Waals surface area (Å²) in [5, 5.41) is 15.6. The number of aliphatic carboxylic acids is 1.